The number of anilines is 2. The number of thioether (sulfide) groups is 1. The maximum Gasteiger partial charge on any atom is 0.234 e. The minimum absolute atomic E-state index is 0.159. The number of nitrogens with zero attached hydrogens (tertiary/aromatic N) is 6. The van der Waals surface area contributed by atoms with E-state index in [4.69, 9.17) is 0 Å². The standard InChI is InChI=1S/C21H25N7O3S2/c1-16-3-7-19(8-4-16)28-21(23-24-25-28)32-15-20(29)22-17-5-9-18(10-6-17)26-11-13-27(14-12-26)33(2,30)31/h3-10H,11-15H2,1-2H3,(H,22,29). The molecule has 33 heavy (non-hydrogen) atoms. The summed E-state index contributed by atoms with van der Waals surface area (Å²) < 4.78 is 26.4. The third-order valence-corrected chi connectivity index (χ3v) is 7.50. The fourth-order valence-electron chi connectivity index (χ4n) is 3.48. The first-order chi connectivity index (χ1) is 15.8. The number of amides is 1. The van der Waals surface area contributed by atoms with Gasteiger partial charge in [0.1, 0.15) is 0 Å². The lowest BCUT2D eigenvalue weighted by atomic mass is 10.2. The summed E-state index contributed by atoms with van der Waals surface area (Å²) in [4.78, 5) is 14.6. The van der Waals surface area contributed by atoms with Gasteiger partial charge in [-0.2, -0.15) is 8.99 Å². The molecule has 12 heteroatoms. The van der Waals surface area contributed by atoms with Crippen LogP contribution in [0.5, 0.6) is 0 Å². The first-order valence-electron chi connectivity index (χ1n) is 10.4. The molecule has 0 aliphatic carbocycles. The first-order valence-corrected chi connectivity index (χ1v) is 13.2. The van der Waals surface area contributed by atoms with Gasteiger partial charge in [0.05, 0.1) is 17.7 Å². The van der Waals surface area contributed by atoms with Crippen LogP contribution in [0.1, 0.15) is 5.56 Å². The van der Waals surface area contributed by atoms with Gasteiger partial charge >= 0.3 is 0 Å². The number of nitrogens with one attached hydrogen (secondary N) is 1. The molecule has 1 aliphatic heterocycles. The predicted molar refractivity (Wildman–Crippen MR) is 128 cm³/mol. The van der Waals surface area contributed by atoms with E-state index in [1.54, 1.807) is 4.68 Å². The van der Waals surface area contributed by atoms with Gasteiger partial charge in [-0.15, -0.1) is 5.10 Å². The molecule has 1 saturated heterocycles. The van der Waals surface area contributed by atoms with Crippen molar-refractivity contribution in [3.8, 4) is 5.69 Å². The van der Waals surface area contributed by atoms with Crippen LogP contribution in [0.4, 0.5) is 11.4 Å². The van der Waals surface area contributed by atoms with E-state index in [2.05, 4.69) is 25.7 Å². The molecule has 1 N–H and O–H groups in total. The summed E-state index contributed by atoms with van der Waals surface area (Å²) in [6, 6.07) is 15.4. The number of aromatic nitrogens is 4. The lowest BCUT2D eigenvalue weighted by Gasteiger charge is -2.34. The third kappa shape index (κ3) is 5.89. The number of tetrazole rings is 1. The van der Waals surface area contributed by atoms with Crippen molar-refractivity contribution in [2.24, 2.45) is 0 Å². The van der Waals surface area contributed by atoms with Crippen LogP contribution in [0.2, 0.25) is 0 Å². The molecule has 3 aromatic rings. The number of hydrogen-bond donors (Lipinski definition) is 1. The lowest BCUT2D eigenvalue weighted by molar-refractivity contribution is -0.113. The van der Waals surface area contributed by atoms with Crippen LogP contribution in [0.25, 0.3) is 5.69 Å². The van der Waals surface area contributed by atoms with Crippen molar-refractivity contribution in [3.63, 3.8) is 0 Å². The summed E-state index contributed by atoms with van der Waals surface area (Å²) in [6.45, 7) is 4.21. The summed E-state index contributed by atoms with van der Waals surface area (Å²) in [6.07, 6.45) is 1.24. The Balaban J connectivity index is 1.30. The number of carbonyl (C=O) groups excluding carboxylic acids is 1. The van der Waals surface area contributed by atoms with Crippen LogP contribution in [0.3, 0.4) is 0 Å². The van der Waals surface area contributed by atoms with E-state index in [-0.39, 0.29) is 11.7 Å². The van der Waals surface area contributed by atoms with Crippen LogP contribution in [-0.2, 0) is 14.8 Å². The van der Waals surface area contributed by atoms with Crippen molar-refractivity contribution in [2.75, 3.05) is 48.4 Å². The average molecular weight is 488 g/mol. The molecule has 2 heterocycles. The van der Waals surface area contributed by atoms with Gasteiger partial charge in [-0.1, -0.05) is 29.5 Å². The van der Waals surface area contributed by atoms with Gasteiger partial charge in [0, 0.05) is 37.6 Å². The first kappa shape index (κ1) is 23.2. The third-order valence-electron chi connectivity index (χ3n) is 5.28. The quantitative estimate of drug-likeness (QED) is 0.502. The number of piperazine rings is 1. The number of sulfonamides is 1. The molecule has 0 radical (unpaired) electrons. The number of hydrogen-bond acceptors (Lipinski definition) is 8. The maximum absolute atomic E-state index is 12.4. The zero-order valence-electron chi connectivity index (χ0n) is 18.4. The Bertz CT molecular complexity index is 1200. The lowest BCUT2D eigenvalue weighted by Crippen LogP contribution is -2.48. The molecule has 0 saturated carbocycles. The van der Waals surface area contributed by atoms with Gasteiger partial charge in [-0.05, 0) is 53.7 Å². The molecule has 0 unspecified atom stereocenters. The molecule has 1 amide bonds. The van der Waals surface area contributed by atoms with Crippen molar-refractivity contribution >= 4 is 39.1 Å². The van der Waals surface area contributed by atoms with Gasteiger partial charge in [-0.25, -0.2) is 8.42 Å². The zero-order chi connectivity index (χ0) is 23.4. The van der Waals surface area contributed by atoms with E-state index in [9.17, 15) is 13.2 Å². The van der Waals surface area contributed by atoms with Crippen molar-refractivity contribution < 1.29 is 13.2 Å². The van der Waals surface area contributed by atoms with Crippen LogP contribution < -0.4 is 10.2 Å². The monoisotopic (exact) mass is 487 g/mol. The Kier molecular flexibility index (Phi) is 6.96. The molecule has 10 nitrogen and oxygen atoms in total. The highest BCUT2D eigenvalue weighted by Gasteiger charge is 2.23. The Morgan fingerprint density at radius 1 is 1.00 bits per heavy atom. The second-order valence-corrected chi connectivity index (χ2v) is 10.7. The van der Waals surface area contributed by atoms with E-state index < -0.39 is 10.0 Å². The molecule has 1 aliphatic rings. The fourth-order valence-corrected chi connectivity index (χ4v) is 5.00. The van der Waals surface area contributed by atoms with E-state index in [1.807, 2.05) is 55.5 Å². The van der Waals surface area contributed by atoms with Crippen LogP contribution in [0.15, 0.2) is 53.7 Å². The average Bonchev–Trinajstić information content (AvgIpc) is 3.27. The van der Waals surface area contributed by atoms with E-state index in [0.717, 1.165) is 16.9 Å². The summed E-state index contributed by atoms with van der Waals surface area (Å²) in [5.74, 6) is 0.00881. The van der Waals surface area contributed by atoms with Crippen molar-refractivity contribution in [1.82, 2.24) is 24.5 Å². The minimum atomic E-state index is -3.15. The number of carbonyl (C=O) groups is 1. The van der Waals surface area contributed by atoms with Crippen molar-refractivity contribution in [3.05, 3.63) is 54.1 Å². The SMILES string of the molecule is Cc1ccc(-n2nnnc2SCC(=O)Nc2ccc(N3CCN(S(C)(=O)=O)CC3)cc2)cc1. The Morgan fingerprint density at radius 3 is 2.27 bits per heavy atom. The second kappa shape index (κ2) is 9.89. The molecule has 0 bridgehead atoms. The van der Waals surface area contributed by atoms with Gasteiger partial charge in [0.2, 0.25) is 21.1 Å². The van der Waals surface area contributed by atoms with Crippen molar-refractivity contribution in [1.29, 1.82) is 0 Å². The van der Waals surface area contributed by atoms with Gasteiger partial charge in [-0.3, -0.25) is 4.79 Å². The van der Waals surface area contributed by atoms with E-state index >= 15 is 0 Å². The highest BCUT2D eigenvalue weighted by Crippen LogP contribution is 2.22. The Labute approximate surface area is 197 Å². The fraction of sp³-hybridized carbons (Fsp3) is 0.333. The minimum Gasteiger partial charge on any atom is -0.369 e. The van der Waals surface area contributed by atoms with Gasteiger partial charge in [0.15, 0.2) is 0 Å². The van der Waals surface area contributed by atoms with E-state index in [1.165, 1.54) is 22.3 Å². The second-order valence-electron chi connectivity index (χ2n) is 7.74. The van der Waals surface area contributed by atoms with E-state index in [0.29, 0.717) is 37.0 Å². The largest absolute Gasteiger partial charge is 0.369 e. The maximum atomic E-state index is 12.4. The molecule has 2 aromatic carbocycles. The number of aryl methyl sites for hydroxylation is 1. The molecule has 0 spiro atoms. The number of rotatable bonds is 7. The summed E-state index contributed by atoms with van der Waals surface area (Å²) in [5, 5.41) is 15.2. The van der Waals surface area contributed by atoms with Gasteiger partial charge in [0.25, 0.3) is 0 Å². The molecule has 174 valence electrons. The van der Waals surface area contributed by atoms with Gasteiger partial charge < -0.3 is 10.2 Å². The highest BCUT2D eigenvalue weighted by atomic mass is 32.2. The van der Waals surface area contributed by atoms with Crippen LogP contribution >= 0.6 is 11.8 Å². The Morgan fingerprint density at radius 2 is 1.64 bits per heavy atom. The molecule has 1 fully saturated rings. The number of benzene rings is 2. The molecule has 1 aromatic heterocycles. The van der Waals surface area contributed by atoms with Crippen molar-refractivity contribution in [2.45, 2.75) is 12.1 Å². The molecule has 4 rings (SSSR count). The highest BCUT2D eigenvalue weighted by molar-refractivity contribution is 7.99. The topological polar surface area (TPSA) is 113 Å². The predicted octanol–water partition coefficient (Wildman–Crippen LogP) is 1.78. The van der Waals surface area contributed by atoms with Crippen LogP contribution in [-0.4, -0.2) is 77.0 Å². The smallest absolute Gasteiger partial charge is 0.234 e. The molecular weight excluding hydrogens is 462 g/mol. The molecule has 0 atom stereocenters. The summed E-state index contributed by atoms with van der Waals surface area (Å²) in [5.41, 5.74) is 3.66. The summed E-state index contributed by atoms with van der Waals surface area (Å²) in [7, 11) is -3.15. The Hall–Kier alpha value is -2.96. The summed E-state index contributed by atoms with van der Waals surface area (Å²) >= 11 is 1.26. The normalized spacial score (nSPS) is 14.9. The zero-order valence-corrected chi connectivity index (χ0v) is 20.0. The molecular formula is C21H25N7O3S2. The van der Waals surface area contributed by atoms with Crippen LogP contribution in [0, 0.1) is 6.92 Å².